The monoisotopic (exact) mass is 241 g/mol. The molecule has 0 spiro atoms. The van der Waals surface area contributed by atoms with E-state index in [0.29, 0.717) is 0 Å². The lowest BCUT2D eigenvalue weighted by Gasteiger charge is -1.96. The standard InChI is InChI=1S/C13H11N3S/c1-3-7-14-13(6-1)17-10-11-9-16-8-4-2-5-12(16)15-11/h1-9H,10H2. The molecule has 3 nitrogen and oxygen atoms in total. The maximum atomic E-state index is 4.54. The maximum absolute atomic E-state index is 4.54. The van der Waals surface area contributed by atoms with Crippen LogP contribution in [0, 0.1) is 0 Å². The SMILES string of the molecule is c1ccc(SCc2cn3ccccc3n2)nc1. The molecule has 17 heavy (non-hydrogen) atoms. The molecule has 3 aromatic rings. The van der Waals surface area contributed by atoms with Gasteiger partial charge in [-0.1, -0.05) is 23.9 Å². The first-order valence-corrected chi connectivity index (χ1v) is 6.37. The van der Waals surface area contributed by atoms with Gasteiger partial charge in [0.15, 0.2) is 0 Å². The van der Waals surface area contributed by atoms with Gasteiger partial charge in [-0.3, -0.25) is 0 Å². The number of imidazole rings is 1. The molecule has 0 unspecified atom stereocenters. The van der Waals surface area contributed by atoms with Crippen LogP contribution in [0.5, 0.6) is 0 Å². The summed E-state index contributed by atoms with van der Waals surface area (Å²) in [4.78, 5) is 8.82. The van der Waals surface area contributed by atoms with Gasteiger partial charge < -0.3 is 4.40 Å². The van der Waals surface area contributed by atoms with E-state index < -0.39 is 0 Å². The zero-order chi connectivity index (χ0) is 11.5. The van der Waals surface area contributed by atoms with E-state index >= 15 is 0 Å². The summed E-state index contributed by atoms with van der Waals surface area (Å²) in [6.07, 6.45) is 5.88. The van der Waals surface area contributed by atoms with Crippen molar-refractivity contribution in [3.63, 3.8) is 0 Å². The molecular formula is C13H11N3S. The van der Waals surface area contributed by atoms with Crippen molar-refractivity contribution in [2.45, 2.75) is 10.8 Å². The quantitative estimate of drug-likeness (QED) is 0.660. The summed E-state index contributed by atoms with van der Waals surface area (Å²) in [5, 5.41) is 1.03. The smallest absolute Gasteiger partial charge is 0.137 e. The highest BCUT2D eigenvalue weighted by Crippen LogP contribution is 2.19. The second-order valence-electron chi connectivity index (χ2n) is 3.65. The molecule has 0 saturated carbocycles. The molecule has 0 aliphatic carbocycles. The molecule has 0 atom stereocenters. The fraction of sp³-hybridized carbons (Fsp3) is 0.0769. The molecule has 0 aliphatic heterocycles. The van der Waals surface area contributed by atoms with Crippen molar-refractivity contribution in [3.8, 4) is 0 Å². The lowest BCUT2D eigenvalue weighted by atomic mass is 10.5. The predicted octanol–water partition coefficient (Wildman–Crippen LogP) is 3.02. The van der Waals surface area contributed by atoms with E-state index in [2.05, 4.69) is 16.2 Å². The summed E-state index contributed by atoms with van der Waals surface area (Å²) >= 11 is 1.70. The van der Waals surface area contributed by atoms with Gasteiger partial charge in [0.1, 0.15) is 5.65 Å². The van der Waals surface area contributed by atoms with Crippen LogP contribution in [0.25, 0.3) is 5.65 Å². The van der Waals surface area contributed by atoms with Crippen LogP contribution in [0.2, 0.25) is 0 Å². The van der Waals surface area contributed by atoms with Crippen LogP contribution < -0.4 is 0 Å². The van der Waals surface area contributed by atoms with Crippen molar-refractivity contribution in [2.75, 3.05) is 0 Å². The second kappa shape index (κ2) is 4.59. The predicted molar refractivity (Wildman–Crippen MR) is 69.0 cm³/mol. The Morgan fingerprint density at radius 2 is 2.06 bits per heavy atom. The van der Waals surface area contributed by atoms with Gasteiger partial charge in [-0.05, 0) is 24.3 Å². The first-order chi connectivity index (χ1) is 8.42. The summed E-state index contributed by atoms with van der Waals surface area (Å²) < 4.78 is 2.04. The Kier molecular flexibility index (Phi) is 2.80. The molecule has 0 aliphatic rings. The Bertz CT molecular complexity index is 586. The van der Waals surface area contributed by atoms with E-state index in [1.54, 1.807) is 11.8 Å². The van der Waals surface area contributed by atoms with Crippen LogP contribution in [0.1, 0.15) is 5.69 Å². The molecule has 0 saturated heterocycles. The summed E-state index contributed by atoms with van der Waals surface area (Å²) in [5.74, 6) is 0.846. The second-order valence-corrected chi connectivity index (χ2v) is 4.65. The third-order valence-electron chi connectivity index (χ3n) is 2.42. The number of pyridine rings is 2. The first kappa shape index (κ1) is 10.4. The van der Waals surface area contributed by atoms with Crippen molar-refractivity contribution in [1.29, 1.82) is 0 Å². The number of hydrogen-bond donors (Lipinski definition) is 0. The Balaban J connectivity index is 1.77. The van der Waals surface area contributed by atoms with Gasteiger partial charge in [-0.2, -0.15) is 0 Å². The van der Waals surface area contributed by atoms with Crippen LogP contribution in [-0.4, -0.2) is 14.4 Å². The van der Waals surface area contributed by atoms with Crippen molar-refractivity contribution >= 4 is 17.4 Å². The Morgan fingerprint density at radius 1 is 1.12 bits per heavy atom. The molecule has 3 heterocycles. The molecule has 0 aromatic carbocycles. The van der Waals surface area contributed by atoms with Crippen LogP contribution in [-0.2, 0) is 5.75 Å². The molecule has 0 amide bonds. The molecule has 84 valence electrons. The van der Waals surface area contributed by atoms with Gasteiger partial charge in [0, 0.05) is 24.3 Å². The Hall–Kier alpha value is -1.81. The average Bonchev–Trinajstić information content (AvgIpc) is 2.80. The zero-order valence-electron chi connectivity index (χ0n) is 9.15. The van der Waals surface area contributed by atoms with Crippen molar-refractivity contribution in [2.24, 2.45) is 0 Å². The number of nitrogens with zero attached hydrogens (tertiary/aromatic N) is 3. The maximum Gasteiger partial charge on any atom is 0.137 e. The summed E-state index contributed by atoms with van der Waals surface area (Å²) in [5.41, 5.74) is 2.07. The van der Waals surface area contributed by atoms with Crippen LogP contribution in [0.15, 0.2) is 60.0 Å². The number of hydrogen-bond acceptors (Lipinski definition) is 3. The van der Waals surface area contributed by atoms with Gasteiger partial charge >= 0.3 is 0 Å². The Morgan fingerprint density at radius 3 is 2.88 bits per heavy atom. The number of rotatable bonds is 3. The minimum absolute atomic E-state index is 0.846. The first-order valence-electron chi connectivity index (χ1n) is 5.38. The van der Waals surface area contributed by atoms with Gasteiger partial charge in [0.25, 0.3) is 0 Å². The lowest BCUT2D eigenvalue weighted by molar-refractivity contribution is 1.13. The third-order valence-corrected chi connectivity index (χ3v) is 3.40. The van der Waals surface area contributed by atoms with Gasteiger partial charge in [-0.15, -0.1) is 0 Å². The van der Waals surface area contributed by atoms with Crippen LogP contribution in [0.3, 0.4) is 0 Å². The molecule has 0 radical (unpaired) electrons. The molecule has 0 bridgehead atoms. The van der Waals surface area contributed by atoms with E-state index in [-0.39, 0.29) is 0 Å². The number of fused-ring (bicyclic) bond motifs is 1. The number of thioether (sulfide) groups is 1. The fourth-order valence-corrected chi connectivity index (χ4v) is 2.38. The van der Waals surface area contributed by atoms with Gasteiger partial charge in [0.05, 0.1) is 10.7 Å². The van der Waals surface area contributed by atoms with Crippen molar-refractivity contribution < 1.29 is 0 Å². The highest BCUT2D eigenvalue weighted by Gasteiger charge is 2.02. The van der Waals surface area contributed by atoms with Crippen LogP contribution in [0.4, 0.5) is 0 Å². The molecular weight excluding hydrogens is 230 g/mol. The van der Waals surface area contributed by atoms with Gasteiger partial charge in [-0.25, -0.2) is 9.97 Å². The molecule has 4 heteroatoms. The number of aromatic nitrogens is 3. The molecule has 0 N–H and O–H groups in total. The average molecular weight is 241 g/mol. The van der Waals surface area contributed by atoms with E-state index in [1.807, 2.05) is 53.2 Å². The van der Waals surface area contributed by atoms with Crippen molar-refractivity contribution in [3.05, 3.63) is 60.7 Å². The summed E-state index contributed by atoms with van der Waals surface area (Å²) in [7, 11) is 0. The van der Waals surface area contributed by atoms with E-state index in [0.717, 1.165) is 22.1 Å². The summed E-state index contributed by atoms with van der Waals surface area (Å²) in [6, 6.07) is 12.0. The molecule has 0 fully saturated rings. The normalized spacial score (nSPS) is 10.8. The molecule has 3 aromatic heterocycles. The zero-order valence-corrected chi connectivity index (χ0v) is 9.97. The minimum atomic E-state index is 0.846. The fourth-order valence-electron chi connectivity index (χ4n) is 1.64. The summed E-state index contributed by atoms with van der Waals surface area (Å²) in [6.45, 7) is 0. The van der Waals surface area contributed by atoms with Crippen LogP contribution >= 0.6 is 11.8 Å². The third kappa shape index (κ3) is 2.31. The highest BCUT2D eigenvalue weighted by atomic mass is 32.2. The van der Waals surface area contributed by atoms with Crippen molar-refractivity contribution in [1.82, 2.24) is 14.4 Å². The Labute approximate surface area is 104 Å². The molecule has 3 rings (SSSR count). The lowest BCUT2D eigenvalue weighted by Crippen LogP contribution is -1.81. The van der Waals surface area contributed by atoms with E-state index in [9.17, 15) is 0 Å². The minimum Gasteiger partial charge on any atom is -0.307 e. The topological polar surface area (TPSA) is 30.2 Å². The van der Waals surface area contributed by atoms with Gasteiger partial charge in [0.2, 0.25) is 0 Å². The largest absolute Gasteiger partial charge is 0.307 e. The van der Waals surface area contributed by atoms with E-state index in [1.165, 1.54) is 0 Å². The highest BCUT2D eigenvalue weighted by molar-refractivity contribution is 7.98. The van der Waals surface area contributed by atoms with E-state index in [4.69, 9.17) is 0 Å².